The normalized spacial score (nSPS) is 15.7. The molecule has 0 aromatic heterocycles. The molecule has 3 aromatic carbocycles. The summed E-state index contributed by atoms with van der Waals surface area (Å²) in [5, 5.41) is 11.7. The van der Waals surface area contributed by atoms with E-state index in [-0.39, 0.29) is 12.3 Å². The maximum atomic E-state index is 13.6. The van der Waals surface area contributed by atoms with E-state index in [1.165, 1.54) is 12.1 Å². The summed E-state index contributed by atoms with van der Waals surface area (Å²) in [4.78, 5) is 28.4. The number of aliphatic carboxylic acids is 1. The highest BCUT2D eigenvalue weighted by Gasteiger charge is 2.35. The second kappa shape index (κ2) is 7.67. The van der Waals surface area contributed by atoms with E-state index in [0.717, 1.165) is 0 Å². The van der Waals surface area contributed by atoms with Gasteiger partial charge in [-0.1, -0.05) is 48.5 Å². The lowest BCUT2D eigenvalue weighted by Crippen LogP contribution is -2.22. The maximum absolute atomic E-state index is 13.6. The molecule has 1 atom stereocenters. The first kappa shape index (κ1) is 18.6. The van der Waals surface area contributed by atoms with Gasteiger partial charge in [-0.05, 0) is 41.0 Å². The minimum absolute atomic E-state index is 0.0858. The van der Waals surface area contributed by atoms with Crippen LogP contribution in [0.2, 0.25) is 0 Å². The summed E-state index contributed by atoms with van der Waals surface area (Å²) in [6, 6.07) is 20.4. The number of amides is 1. The molecule has 5 nitrogen and oxygen atoms in total. The Morgan fingerprint density at radius 3 is 2.45 bits per heavy atom. The van der Waals surface area contributed by atoms with Crippen LogP contribution in [-0.4, -0.2) is 22.7 Å². The zero-order valence-electron chi connectivity index (χ0n) is 15.3. The summed E-state index contributed by atoms with van der Waals surface area (Å²) in [6.07, 6.45) is -0.0858. The molecule has 0 bridgehead atoms. The highest BCUT2D eigenvalue weighted by atomic mass is 19.1. The molecule has 3 aromatic rings. The Morgan fingerprint density at radius 1 is 1.03 bits per heavy atom. The first-order valence-corrected chi connectivity index (χ1v) is 9.06. The van der Waals surface area contributed by atoms with Crippen LogP contribution in [0.25, 0.3) is 0 Å². The van der Waals surface area contributed by atoms with Gasteiger partial charge in [-0.25, -0.2) is 4.39 Å². The van der Waals surface area contributed by atoms with Crippen molar-refractivity contribution in [2.75, 3.05) is 5.32 Å². The van der Waals surface area contributed by atoms with E-state index in [0.29, 0.717) is 33.8 Å². The van der Waals surface area contributed by atoms with Gasteiger partial charge in [0.1, 0.15) is 11.7 Å². The monoisotopic (exact) mass is 388 g/mol. The van der Waals surface area contributed by atoms with Crippen molar-refractivity contribution >= 4 is 29.0 Å². The van der Waals surface area contributed by atoms with Crippen LogP contribution in [0.15, 0.2) is 77.8 Å². The lowest BCUT2D eigenvalue weighted by atomic mass is 9.90. The molecule has 0 fully saturated rings. The van der Waals surface area contributed by atoms with Gasteiger partial charge in [0.15, 0.2) is 0 Å². The largest absolute Gasteiger partial charge is 0.481 e. The zero-order valence-corrected chi connectivity index (χ0v) is 15.3. The molecule has 4 rings (SSSR count). The number of carboxylic acid groups (broad SMARTS) is 1. The van der Waals surface area contributed by atoms with Gasteiger partial charge in [-0.3, -0.25) is 14.6 Å². The van der Waals surface area contributed by atoms with Gasteiger partial charge in [0.05, 0.1) is 17.8 Å². The molecular formula is C23H17FN2O3. The third-order valence-corrected chi connectivity index (χ3v) is 4.73. The molecular weight excluding hydrogens is 371 g/mol. The van der Waals surface area contributed by atoms with Crippen molar-refractivity contribution in [1.82, 2.24) is 0 Å². The number of halogens is 1. The first-order valence-electron chi connectivity index (χ1n) is 9.06. The molecule has 0 aliphatic carbocycles. The SMILES string of the molecule is O=C(O)Cc1ccc(C(=Nc2ccccc2)C2C(=O)Nc3cc(F)ccc32)cc1. The molecule has 1 aliphatic rings. The van der Waals surface area contributed by atoms with E-state index < -0.39 is 17.7 Å². The van der Waals surface area contributed by atoms with Crippen molar-refractivity contribution in [2.24, 2.45) is 4.99 Å². The lowest BCUT2D eigenvalue weighted by molar-refractivity contribution is -0.136. The number of aliphatic imine (C=N–C) groups is 1. The second-order valence-corrected chi connectivity index (χ2v) is 6.75. The molecule has 6 heteroatoms. The Kier molecular flexibility index (Phi) is 4.91. The Balaban J connectivity index is 1.81. The summed E-state index contributed by atoms with van der Waals surface area (Å²) >= 11 is 0. The predicted octanol–water partition coefficient (Wildman–Crippen LogP) is 4.31. The minimum atomic E-state index is -0.915. The predicted molar refractivity (Wildman–Crippen MR) is 108 cm³/mol. The second-order valence-electron chi connectivity index (χ2n) is 6.75. The Bertz CT molecular complexity index is 1110. The molecule has 2 N–H and O–H groups in total. The van der Waals surface area contributed by atoms with Crippen LogP contribution in [-0.2, 0) is 16.0 Å². The van der Waals surface area contributed by atoms with Gasteiger partial charge in [-0.2, -0.15) is 0 Å². The zero-order chi connectivity index (χ0) is 20.4. The molecule has 29 heavy (non-hydrogen) atoms. The van der Waals surface area contributed by atoms with Crippen LogP contribution in [0.1, 0.15) is 22.6 Å². The summed E-state index contributed by atoms with van der Waals surface area (Å²) < 4.78 is 13.6. The molecule has 0 radical (unpaired) electrons. The smallest absolute Gasteiger partial charge is 0.307 e. The molecule has 0 spiro atoms. The highest BCUT2D eigenvalue weighted by molar-refractivity contribution is 6.24. The van der Waals surface area contributed by atoms with Crippen LogP contribution < -0.4 is 5.32 Å². The number of hydrogen-bond donors (Lipinski definition) is 2. The number of carbonyl (C=O) groups excluding carboxylic acids is 1. The average molecular weight is 388 g/mol. The fourth-order valence-corrected chi connectivity index (χ4v) is 3.41. The standard InChI is InChI=1S/C23H17FN2O3/c24-16-10-11-18-19(13-16)26-23(29)21(18)22(25-17-4-2-1-3-5-17)15-8-6-14(7-9-15)12-20(27)28/h1-11,13,21H,12H2,(H,26,29)(H,27,28). The van der Waals surface area contributed by atoms with Gasteiger partial charge < -0.3 is 10.4 Å². The van der Waals surface area contributed by atoms with Crippen LogP contribution in [0.5, 0.6) is 0 Å². The summed E-state index contributed by atoms with van der Waals surface area (Å²) in [7, 11) is 0. The van der Waals surface area contributed by atoms with E-state index in [4.69, 9.17) is 10.1 Å². The average Bonchev–Trinajstić information content (AvgIpc) is 3.02. The summed E-state index contributed by atoms with van der Waals surface area (Å²) in [5.74, 6) is -2.32. The van der Waals surface area contributed by atoms with E-state index in [1.807, 2.05) is 30.3 Å². The third-order valence-electron chi connectivity index (χ3n) is 4.73. The maximum Gasteiger partial charge on any atom is 0.307 e. The molecule has 1 amide bonds. The number of para-hydroxylation sites is 1. The minimum Gasteiger partial charge on any atom is -0.481 e. The van der Waals surface area contributed by atoms with Crippen LogP contribution in [0, 0.1) is 5.82 Å². The molecule has 1 heterocycles. The van der Waals surface area contributed by atoms with Gasteiger partial charge in [0, 0.05) is 5.69 Å². The fraction of sp³-hybridized carbons (Fsp3) is 0.0870. The number of nitrogens with one attached hydrogen (secondary N) is 1. The Hall–Kier alpha value is -3.80. The van der Waals surface area contributed by atoms with Crippen molar-refractivity contribution < 1.29 is 19.1 Å². The van der Waals surface area contributed by atoms with Crippen LogP contribution >= 0.6 is 0 Å². The van der Waals surface area contributed by atoms with Crippen molar-refractivity contribution in [2.45, 2.75) is 12.3 Å². The number of carboxylic acids is 1. The highest BCUT2D eigenvalue weighted by Crippen LogP contribution is 2.36. The molecule has 1 unspecified atom stereocenters. The first-order chi connectivity index (χ1) is 14.0. The Morgan fingerprint density at radius 2 is 1.76 bits per heavy atom. The van der Waals surface area contributed by atoms with Gasteiger partial charge in [-0.15, -0.1) is 0 Å². The number of nitrogens with zero attached hydrogens (tertiary/aromatic N) is 1. The quantitative estimate of drug-likeness (QED) is 0.640. The fourth-order valence-electron chi connectivity index (χ4n) is 3.41. The molecule has 144 valence electrons. The van der Waals surface area contributed by atoms with Crippen LogP contribution in [0.4, 0.5) is 15.8 Å². The number of carbonyl (C=O) groups is 2. The van der Waals surface area contributed by atoms with Crippen molar-refractivity contribution in [3.8, 4) is 0 Å². The summed E-state index contributed by atoms with van der Waals surface area (Å²) in [6.45, 7) is 0. The molecule has 0 saturated carbocycles. The molecule has 1 aliphatic heterocycles. The number of benzene rings is 3. The van der Waals surface area contributed by atoms with E-state index in [1.54, 1.807) is 30.3 Å². The van der Waals surface area contributed by atoms with Crippen molar-refractivity contribution in [3.63, 3.8) is 0 Å². The van der Waals surface area contributed by atoms with Crippen molar-refractivity contribution in [3.05, 3.63) is 95.3 Å². The van der Waals surface area contributed by atoms with Gasteiger partial charge in [0.2, 0.25) is 5.91 Å². The van der Waals surface area contributed by atoms with E-state index in [2.05, 4.69) is 5.32 Å². The van der Waals surface area contributed by atoms with Gasteiger partial charge >= 0.3 is 5.97 Å². The lowest BCUT2D eigenvalue weighted by Gasteiger charge is -2.14. The number of hydrogen-bond acceptors (Lipinski definition) is 3. The Labute approximate surface area is 166 Å². The van der Waals surface area contributed by atoms with Crippen molar-refractivity contribution in [1.29, 1.82) is 0 Å². The van der Waals surface area contributed by atoms with E-state index >= 15 is 0 Å². The number of fused-ring (bicyclic) bond motifs is 1. The summed E-state index contributed by atoms with van der Waals surface area (Å²) in [5.41, 5.74) is 3.63. The third kappa shape index (κ3) is 3.91. The number of rotatable bonds is 5. The topological polar surface area (TPSA) is 78.8 Å². The van der Waals surface area contributed by atoms with E-state index in [9.17, 15) is 14.0 Å². The molecule has 0 saturated heterocycles. The number of anilines is 1. The van der Waals surface area contributed by atoms with Gasteiger partial charge in [0.25, 0.3) is 0 Å². The van der Waals surface area contributed by atoms with Crippen LogP contribution in [0.3, 0.4) is 0 Å².